The van der Waals surface area contributed by atoms with E-state index in [9.17, 15) is 29.8 Å². The summed E-state index contributed by atoms with van der Waals surface area (Å²) in [6, 6.07) is 8.94. The van der Waals surface area contributed by atoms with Crippen LogP contribution in [0.2, 0.25) is 0 Å². The van der Waals surface area contributed by atoms with Crippen LogP contribution in [0.4, 0.5) is 11.4 Å². The maximum atomic E-state index is 12.8. The highest BCUT2D eigenvalue weighted by Crippen LogP contribution is 2.25. The predicted molar refractivity (Wildman–Crippen MR) is 110 cm³/mol. The number of fused-ring (bicyclic) bond motifs is 1. The van der Waals surface area contributed by atoms with Gasteiger partial charge in [-0.2, -0.15) is 0 Å². The van der Waals surface area contributed by atoms with Crippen LogP contribution in [0.25, 0.3) is 10.9 Å². The Balaban J connectivity index is 1.91. The molecule has 2 aromatic carbocycles. The number of nitrogens with zero attached hydrogens (tertiary/aromatic N) is 2. The number of carbonyl (C=O) groups excluding carboxylic acids is 2. The lowest BCUT2D eigenvalue weighted by Crippen LogP contribution is -2.43. The Hall–Kier alpha value is -4.28. The summed E-state index contributed by atoms with van der Waals surface area (Å²) in [5, 5.41) is 25.5. The smallest absolute Gasteiger partial charge is 0.328 e. The van der Waals surface area contributed by atoms with Gasteiger partial charge in [0.1, 0.15) is 11.6 Å². The molecule has 0 bridgehead atoms. The number of nitro groups is 2. The van der Waals surface area contributed by atoms with Crippen molar-refractivity contribution in [2.45, 2.75) is 19.4 Å². The van der Waals surface area contributed by atoms with Crippen molar-refractivity contribution in [3.63, 3.8) is 0 Å². The number of esters is 1. The molecule has 0 spiro atoms. The van der Waals surface area contributed by atoms with Gasteiger partial charge in [-0.05, 0) is 24.6 Å². The van der Waals surface area contributed by atoms with Crippen LogP contribution in [0.1, 0.15) is 22.8 Å². The van der Waals surface area contributed by atoms with Crippen LogP contribution in [0.3, 0.4) is 0 Å². The van der Waals surface area contributed by atoms with Crippen molar-refractivity contribution in [1.29, 1.82) is 0 Å². The molecule has 0 saturated carbocycles. The number of H-pyrrole nitrogens is 1. The molecule has 0 aliphatic heterocycles. The molecule has 0 aliphatic rings. The number of benzene rings is 2. The highest BCUT2D eigenvalue weighted by molar-refractivity contribution is 6.00. The molecule has 11 heteroatoms. The molecule has 0 radical (unpaired) electrons. The SMILES string of the molecule is CCOC(=O)C(Cc1c[nH]c2ccccc12)NC(=O)c1ccc([N+](=O)[O-])cc1[N+](=O)[O-]. The quantitative estimate of drug-likeness (QED) is 0.318. The number of amides is 1. The number of aromatic amines is 1. The van der Waals surface area contributed by atoms with Gasteiger partial charge in [-0.15, -0.1) is 0 Å². The van der Waals surface area contributed by atoms with Gasteiger partial charge in [0.15, 0.2) is 0 Å². The third-order valence-corrected chi connectivity index (χ3v) is 4.61. The Morgan fingerprint density at radius 3 is 2.55 bits per heavy atom. The van der Waals surface area contributed by atoms with E-state index in [1.165, 1.54) is 0 Å². The largest absolute Gasteiger partial charge is 0.464 e. The summed E-state index contributed by atoms with van der Waals surface area (Å²) in [7, 11) is 0. The second-order valence-electron chi connectivity index (χ2n) is 6.56. The molecule has 0 aliphatic carbocycles. The van der Waals surface area contributed by atoms with Gasteiger partial charge in [0.05, 0.1) is 22.5 Å². The van der Waals surface area contributed by atoms with Crippen molar-refractivity contribution >= 4 is 34.2 Å². The van der Waals surface area contributed by atoms with Gasteiger partial charge in [-0.1, -0.05) is 18.2 Å². The summed E-state index contributed by atoms with van der Waals surface area (Å²) < 4.78 is 5.04. The summed E-state index contributed by atoms with van der Waals surface area (Å²) in [5.74, 6) is -1.62. The molecule has 1 unspecified atom stereocenters. The van der Waals surface area contributed by atoms with E-state index >= 15 is 0 Å². The Bertz CT molecular complexity index is 1170. The Labute approximate surface area is 175 Å². The third-order valence-electron chi connectivity index (χ3n) is 4.61. The number of nitrogens with one attached hydrogen (secondary N) is 2. The van der Waals surface area contributed by atoms with Gasteiger partial charge in [-0.3, -0.25) is 25.0 Å². The van der Waals surface area contributed by atoms with Crippen molar-refractivity contribution in [1.82, 2.24) is 10.3 Å². The van der Waals surface area contributed by atoms with Crippen LogP contribution in [0, 0.1) is 20.2 Å². The summed E-state index contributed by atoms with van der Waals surface area (Å²) >= 11 is 0. The van der Waals surface area contributed by atoms with E-state index in [4.69, 9.17) is 4.74 Å². The first-order valence-electron chi connectivity index (χ1n) is 9.27. The molecule has 1 aromatic heterocycles. The van der Waals surface area contributed by atoms with E-state index in [1.54, 1.807) is 13.1 Å². The normalized spacial score (nSPS) is 11.6. The molecule has 1 atom stereocenters. The Kier molecular flexibility index (Phi) is 6.24. The molecule has 0 saturated heterocycles. The number of hydrogen-bond donors (Lipinski definition) is 2. The molecule has 31 heavy (non-hydrogen) atoms. The molecular weight excluding hydrogens is 408 g/mol. The van der Waals surface area contributed by atoms with Crippen molar-refractivity contribution in [3.05, 3.63) is 80.0 Å². The number of para-hydroxylation sites is 1. The van der Waals surface area contributed by atoms with Crippen LogP contribution in [0.15, 0.2) is 48.7 Å². The second kappa shape index (κ2) is 9.03. The molecule has 3 rings (SSSR count). The van der Waals surface area contributed by atoms with Crippen LogP contribution in [-0.2, 0) is 16.0 Å². The van der Waals surface area contributed by atoms with Crippen molar-refractivity contribution < 1.29 is 24.2 Å². The second-order valence-corrected chi connectivity index (χ2v) is 6.56. The van der Waals surface area contributed by atoms with Gasteiger partial charge < -0.3 is 15.0 Å². The van der Waals surface area contributed by atoms with Crippen LogP contribution < -0.4 is 5.32 Å². The number of aromatic nitrogens is 1. The highest BCUT2D eigenvalue weighted by atomic mass is 16.6. The molecule has 0 fully saturated rings. The minimum atomic E-state index is -1.12. The van der Waals surface area contributed by atoms with Gasteiger partial charge in [-0.25, -0.2) is 4.79 Å². The molecule has 1 heterocycles. The molecule has 11 nitrogen and oxygen atoms in total. The van der Waals surface area contributed by atoms with E-state index in [-0.39, 0.29) is 13.0 Å². The Morgan fingerprint density at radius 2 is 1.87 bits per heavy atom. The van der Waals surface area contributed by atoms with E-state index < -0.39 is 44.7 Å². The summed E-state index contributed by atoms with van der Waals surface area (Å²) in [5.41, 5.74) is -0.0705. The zero-order valence-corrected chi connectivity index (χ0v) is 16.4. The predicted octanol–water partition coefficient (Wildman–Crippen LogP) is 2.89. The Morgan fingerprint density at radius 1 is 1.13 bits per heavy atom. The van der Waals surface area contributed by atoms with E-state index in [0.29, 0.717) is 6.07 Å². The maximum Gasteiger partial charge on any atom is 0.328 e. The number of carbonyl (C=O) groups is 2. The molecule has 3 aromatic rings. The first-order chi connectivity index (χ1) is 14.8. The van der Waals surface area contributed by atoms with Gasteiger partial charge in [0, 0.05) is 29.6 Å². The summed E-state index contributed by atoms with van der Waals surface area (Å²) in [6.07, 6.45) is 1.78. The lowest BCUT2D eigenvalue weighted by Gasteiger charge is -2.17. The number of non-ortho nitro benzene ring substituents is 1. The topological polar surface area (TPSA) is 157 Å². The van der Waals surface area contributed by atoms with Gasteiger partial charge in [0.2, 0.25) is 0 Å². The van der Waals surface area contributed by atoms with Crippen LogP contribution in [-0.4, -0.2) is 39.4 Å². The molecule has 1 amide bonds. The minimum Gasteiger partial charge on any atom is -0.464 e. The standard InChI is InChI=1S/C20H18N4O7/c1-2-31-20(26)17(9-12-11-21-16-6-4-3-5-14(12)16)22-19(25)15-8-7-13(23(27)28)10-18(15)24(29)30/h3-8,10-11,17,21H,2,9H2,1H3,(H,22,25). The van der Waals surface area contributed by atoms with E-state index in [2.05, 4.69) is 10.3 Å². The van der Waals surface area contributed by atoms with Crippen molar-refractivity contribution in [2.24, 2.45) is 0 Å². The highest BCUT2D eigenvalue weighted by Gasteiger charge is 2.29. The van der Waals surface area contributed by atoms with E-state index in [0.717, 1.165) is 28.6 Å². The fraction of sp³-hybridized carbons (Fsp3) is 0.200. The van der Waals surface area contributed by atoms with Gasteiger partial charge in [0.25, 0.3) is 17.3 Å². The summed E-state index contributed by atoms with van der Waals surface area (Å²) in [6.45, 7) is 1.69. The van der Waals surface area contributed by atoms with Crippen molar-refractivity contribution in [3.8, 4) is 0 Å². The average molecular weight is 426 g/mol. The minimum absolute atomic E-state index is 0.0787. The number of nitro benzene ring substituents is 2. The monoisotopic (exact) mass is 426 g/mol. The zero-order valence-electron chi connectivity index (χ0n) is 16.4. The fourth-order valence-corrected chi connectivity index (χ4v) is 3.17. The fourth-order valence-electron chi connectivity index (χ4n) is 3.17. The molecule has 2 N–H and O–H groups in total. The van der Waals surface area contributed by atoms with E-state index in [1.807, 2.05) is 24.3 Å². The number of ether oxygens (including phenoxy) is 1. The number of hydrogen-bond acceptors (Lipinski definition) is 7. The van der Waals surface area contributed by atoms with Crippen LogP contribution >= 0.6 is 0 Å². The zero-order chi connectivity index (χ0) is 22.5. The van der Waals surface area contributed by atoms with Crippen LogP contribution in [0.5, 0.6) is 0 Å². The van der Waals surface area contributed by atoms with Crippen molar-refractivity contribution in [2.75, 3.05) is 6.61 Å². The lowest BCUT2D eigenvalue weighted by molar-refractivity contribution is -0.394. The first kappa shape index (κ1) is 21.4. The number of rotatable bonds is 8. The average Bonchev–Trinajstić information content (AvgIpc) is 3.15. The summed E-state index contributed by atoms with van der Waals surface area (Å²) in [4.78, 5) is 48.8. The molecule has 160 valence electrons. The lowest BCUT2D eigenvalue weighted by atomic mass is 10.0. The maximum absolute atomic E-state index is 12.8. The third kappa shape index (κ3) is 4.66. The first-order valence-corrected chi connectivity index (χ1v) is 9.27. The van der Waals surface area contributed by atoms with Gasteiger partial charge >= 0.3 is 5.97 Å². The molecular formula is C20H18N4O7.